The Morgan fingerprint density at radius 1 is 1.11 bits per heavy atom. The van der Waals surface area contributed by atoms with E-state index >= 15 is 0 Å². The molecule has 2 fully saturated rings. The number of amides is 1. The van der Waals surface area contributed by atoms with Gasteiger partial charge in [-0.25, -0.2) is 13.2 Å². The van der Waals surface area contributed by atoms with E-state index in [1.165, 1.54) is 29.2 Å². The molecule has 6 rings (SSSR count). The van der Waals surface area contributed by atoms with Crippen LogP contribution in [0.15, 0.2) is 81.4 Å². The molecule has 0 aliphatic heterocycles. The lowest BCUT2D eigenvalue weighted by atomic mass is 9.51. The normalized spacial score (nSPS) is 28.8. The van der Waals surface area contributed by atoms with E-state index in [-0.39, 0.29) is 28.4 Å². The third-order valence-electron chi connectivity index (χ3n) is 10.6. The highest BCUT2D eigenvalue weighted by atomic mass is 32.2. The van der Waals surface area contributed by atoms with Crippen LogP contribution >= 0.6 is 0 Å². The van der Waals surface area contributed by atoms with Crippen molar-refractivity contribution in [2.75, 3.05) is 12.8 Å². The molecule has 2 aromatic carbocycles. The van der Waals surface area contributed by atoms with Gasteiger partial charge >= 0.3 is 6.09 Å². The molecule has 0 spiro atoms. The first-order chi connectivity index (χ1) is 21.9. The fourth-order valence-corrected chi connectivity index (χ4v) is 8.89. The standard InChI is InChI=1S/C37H40N2O6S/c1-4-38-35(41)45-39-23-25-5-9-26(10-6-25)32-22-36(2)33(31-15-11-27-21-28(40)12-16-30(27)34(31)32)18-20-37(36,42)19-17-24-7-13-29(14-8-24)46(3,43)44/h5-10,13-14,21,23,31-33,42H,4,11-12,15-16,18,20,22H2,1-3H3,(H,38,41)/b39-23+/t31?,32?,33?,36-,37-/m0/s1. The van der Waals surface area contributed by atoms with Crippen LogP contribution in [0.2, 0.25) is 0 Å². The van der Waals surface area contributed by atoms with Gasteiger partial charge in [0.25, 0.3) is 0 Å². The number of carbonyl (C=O) groups excluding carboxylic acids is 2. The Bertz CT molecular complexity index is 1810. The number of carbonyl (C=O) groups is 2. The van der Waals surface area contributed by atoms with Crippen molar-refractivity contribution in [3.05, 3.63) is 88.0 Å². The molecule has 2 aromatic rings. The van der Waals surface area contributed by atoms with E-state index in [0.29, 0.717) is 31.4 Å². The molecule has 4 aliphatic rings. The van der Waals surface area contributed by atoms with Crippen LogP contribution in [0, 0.1) is 29.1 Å². The lowest BCUT2D eigenvalue weighted by Gasteiger charge is -2.53. The quantitative estimate of drug-likeness (QED) is 0.183. The van der Waals surface area contributed by atoms with Gasteiger partial charge in [0.15, 0.2) is 15.6 Å². The third kappa shape index (κ3) is 5.96. The second-order valence-corrected chi connectivity index (χ2v) is 15.3. The van der Waals surface area contributed by atoms with Gasteiger partial charge in [-0.3, -0.25) is 9.63 Å². The SMILES string of the molecule is CCNC(=O)O/N=C/c1ccc(C2C[C@@]3(C)C(CC[C@@]3(O)C#Cc3ccc(S(C)(=O)=O)cc3)C3CCC4=CC(=O)CCC4=C23)cc1. The van der Waals surface area contributed by atoms with Crippen molar-refractivity contribution in [3.63, 3.8) is 0 Å². The number of sulfone groups is 1. The average molecular weight is 641 g/mol. The van der Waals surface area contributed by atoms with Crippen LogP contribution < -0.4 is 5.32 Å². The van der Waals surface area contributed by atoms with Gasteiger partial charge in [0.1, 0.15) is 5.60 Å². The van der Waals surface area contributed by atoms with Gasteiger partial charge in [-0.05, 0) is 110 Å². The first kappa shape index (κ1) is 32.0. The zero-order chi connectivity index (χ0) is 32.7. The number of aliphatic hydroxyl groups is 1. The minimum Gasteiger partial charge on any atom is -0.377 e. The highest BCUT2D eigenvalue weighted by Crippen LogP contribution is 2.66. The number of hydrogen-bond acceptors (Lipinski definition) is 7. The molecule has 0 saturated heterocycles. The molecule has 46 heavy (non-hydrogen) atoms. The van der Waals surface area contributed by atoms with Crippen LogP contribution in [0.1, 0.15) is 81.4 Å². The topological polar surface area (TPSA) is 122 Å². The molecule has 240 valence electrons. The Morgan fingerprint density at radius 3 is 2.54 bits per heavy atom. The summed E-state index contributed by atoms with van der Waals surface area (Å²) >= 11 is 0. The minimum absolute atomic E-state index is 0.0381. The van der Waals surface area contributed by atoms with Crippen LogP contribution in [0.5, 0.6) is 0 Å². The summed E-state index contributed by atoms with van der Waals surface area (Å²) in [7, 11) is -3.31. The molecule has 3 unspecified atom stereocenters. The van der Waals surface area contributed by atoms with E-state index in [9.17, 15) is 23.1 Å². The van der Waals surface area contributed by atoms with E-state index < -0.39 is 26.9 Å². The molecule has 2 saturated carbocycles. The summed E-state index contributed by atoms with van der Waals surface area (Å²) < 4.78 is 23.8. The number of hydrogen-bond donors (Lipinski definition) is 2. The Balaban J connectivity index is 1.36. The maximum Gasteiger partial charge on any atom is 0.433 e. The molecule has 0 heterocycles. The maximum absolute atomic E-state index is 12.4. The summed E-state index contributed by atoms with van der Waals surface area (Å²) in [5.41, 5.74) is 4.80. The molecule has 2 N–H and O–H groups in total. The number of nitrogens with one attached hydrogen (secondary N) is 1. The van der Waals surface area contributed by atoms with Crippen molar-refractivity contribution >= 4 is 27.9 Å². The van der Waals surface area contributed by atoms with Crippen molar-refractivity contribution in [3.8, 4) is 11.8 Å². The molecular weight excluding hydrogens is 600 g/mol. The molecule has 0 aromatic heterocycles. The maximum atomic E-state index is 12.4. The zero-order valence-electron chi connectivity index (χ0n) is 26.5. The van der Waals surface area contributed by atoms with Gasteiger partial charge in [-0.2, -0.15) is 0 Å². The molecule has 1 amide bonds. The van der Waals surface area contributed by atoms with Gasteiger partial charge in [-0.15, -0.1) is 0 Å². The molecule has 0 radical (unpaired) electrons. The number of allylic oxidation sites excluding steroid dienone is 4. The lowest BCUT2D eigenvalue weighted by molar-refractivity contribution is -0.114. The van der Waals surface area contributed by atoms with Gasteiger partial charge in [0, 0.05) is 36.1 Å². The first-order valence-corrected chi connectivity index (χ1v) is 17.9. The number of fused-ring (bicyclic) bond motifs is 4. The van der Waals surface area contributed by atoms with Crippen molar-refractivity contribution < 1.29 is 28.0 Å². The van der Waals surface area contributed by atoms with E-state index in [1.54, 1.807) is 31.2 Å². The van der Waals surface area contributed by atoms with Gasteiger partial charge in [-0.1, -0.05) is 53.8 Å². The van der Waals surface area contributed by atoms with Gasteiger partial charge in [0.05, 0.1) is 11.1 Å². The molecule has 0 bridgehead atoms. The highest BCUT2D eigenvalue weighted by molar-refractivity contribution is 7.90. The monoisotopic (exact) mass is 640 g/mol. The van der Waals surface area contributed by atoms with Crippen LogP contribution in [-0.2, 0) is 19.5 Å². The second-order valence-electron chi connectivity index (χ2n) is 13.3. The molecule has 5 atom stereocenters. The van der Waals surface area contributed by atoms with E-state index in [4.69, 9.17) is 4.84 Å². The number of benzene rings is 2. The summed E-state index contributed by atoms with van der Waals surface area (Å²) in [6, 6.07) is 14.6. The van der Waals surface area contributed by atoms with Crippen molar-refractivity contribution in [1.82, 2.24) is 5.32 Å². The Labute approximate surface area is 270 Å². The predicted molar refractivity (Wildman–Crippen MR) is 176 cm³/mol. The fraction of sp³-hybridized carbons (Fsp3) is 0.432. The average Bonchev–Trinajstić information content (AvgIpc) is 3.29. The number of ketones is 1. The summed E-state index contributed by atoms with van der Waals surface area (Å²) in [4.78, 5) is 29.0. The number of rotatable bonds is 5. The number of oxime groups is 1. The van der Waals surface area contributed by atoms with Crippen LogP contribution in [0.3, 0.4) is 0 Å². The zero-order valence-corrected chi connectivity index (χ0v) is 27.3. The first-order valence-electron chi connectivity index (χ1n) is 16.0. The smallest absolute Gasteiger partial charge is 0.377 e. The van der Waals surface area contributed by atoms with Crippen LogP contribution in [-0.4, -0.2) is 50.0 Å². The van der Waals surface area contributed by atoms with Crippen LogP contribution in [0.25, 0.3) is 0 Å². The Morgan fingerprint density at radius 2 is 1.85 bits per heavy atom. The highest BCUT2D eigenvalue weighted by Gasteiger charge is 2.62. The molecule has 9 heteroatoms. The summed E-state index contributed by atoms with van der Waals surface area (Å²) in [5, 5.41) is 18.7. The van der Waals surface area contributed by atoms with Gasteiger partial charge < -0.3 is 10.4 Å². The van der Waals surface area contributed by atoms with Crippen molar-refractivity contribution in [1.29, 1.82) is 0 Å². The summed E-state index contributed by atoms with van der Waals surface area (Å²) in [6.45, 7) is 4.44. The third-order valence-corrected chi connectivity index (χ3v) is 11.7. The molecule has 4 aliphatic carbocycles. The van der Waals surface area contributed by atoms with Crippen molar-refractivity contribution in [2.24, 2.45) is 22.4 Å². The Hall–Kier alpha value is -4.00. The fourth-order valence-electron chi connectivity index (χ4n) is 8.26. The molecular formula is C37H40N2O6S. The lowest BCUT2D eigenvalue weighted by Crippen LogP contribution is -2.51. The van der Waals surface area contributed by atoms with E-state index in [2.05, 4.69) is 41.4 Å². The largest absolute Gasteiger partial charge is 0.433 e. The van der Waals surface area contributed by atoms with Crippen LogP contribution in [0.4, 0.5) is 4.79 Å². The number of nitrogens with zero attached hydrogens (tertiary/aromatic N) is 1. The van der Waals surface area contributed by atoms with Gasteiger partial charge in [0.2, 0.25) is 0 Å². The second kappa shape index (κ2) is 12.3. The Kier molecular flexibility index (Phi) is 8.55. The predicted octanol–water partition coefficient (Wildman–Crippen LogP) is 5.85. The minimum atomic E-state index is -3.31. The summed E-state index contributed by atoms with van der Waals surface area (Å²) in [5.74, 6) is 7.21. The summed E-state index contributed by atoms with van der Waals surface area (Å²) in [6.07, 6.45) is 9.15. The van der Waals surface area contributed by atoms with E-state index in [0.717, 1.165) is 36.8 Å². The van der Waals surface area contributed by atoms with Crippen molar-refractivity contribution in [2.45, 2.75) is 75.2 Å². The molecule has 8 nitrogen and oxygen atoms in total. The van der Waals surface area contributed by atoms with E-state index in [1.807, 2.05) is 18.2 Å².